The highest BCUT2D eigenvalue weighted by atomic mass is 16.3. The Bertz CT molecular complexity index is 1150. The average molecular weight is 891 g/mol. The van der Waals surface area contributed by atoms with Crippen molar-refractivity contribution in [3.8, 4) is 0 Å². The normalized spacial score (nSPS) is 13.5. The maximum absolute atomic E-state index is 12.5. The molecule has 0 aliphatic carbocycles. The third-order valence-corrected chi connectivity index (χ3v) is 12.4. The Morgan fingerprint density at radius 1 is 0.391 bits per heavy atom. The summed E-state index contributed by atoms with van der Waals surface area (Å²) in [5.74, 6) is -0.0729. The fourth-order valence-corrected chi connectivity index (χ4v) is 8.16. The Morgan fingerprint density at radius 3 is 1.09 bits per heavy atom. The molecule has 0 rings (SSSR count). The molecule has 0 radical (unpaired) electrons. The summed E-state index contributed by atoms with van der Waals surface area (Å²) in [5.41, 5.74) is 0. The molecular weight excluding hydrogens is 783 g/mol. The lowest BCUT2D eigenvalue weighted by Gasteiger charge is -2.19. The number of hydrogen-bond acceptors (Lipinski definition) is 3. The van der Waals surface area contributed by atoms with Crippen molar-refractivity contribution in [1.82, 2.24) is 5.32 Å². The number of unbranched alkanes of at least 4 members (excludes halogenated alkanes) is 31. The monoisotopic (exact) mass is 890 g/mol. The molecule has 2 unspecified atom stereocenters. The molecule has 3 N–H and O–H groups in total. The second kappa shape index (κ2) is 54.9. The first-order chi connectivity index (χ1) is 31.7. The van der Waals surface area contributed by atoms with E-state index >= 15 is 0 Å². The minimum Gasteiger partial charge on any atom is -0.394 e. The zero-order chi connectivity index (χ0) is 46.3. The van der Waals surface area contributed by atoms with E-state index in [1.807, 2.05) is 6.08 Å². The van der Waals surface area contributed by atoms with Gasteiger partial charge in [0.15, 0.2) is 0 Å². The van der Waals surface area contributed by atoms with Gasteiger partial charge in [0.2, 0.25) is 5.91 Å². The minimum absolute atomic E-state index is 0.0729. The van der Waals surface area contributed by atoms with Gasteiger partial charge in [-0.2, -0.15) is 0 Å². The lowest BCUT2D eigenvalue weighted by atomic mass is 10.0. The zero-order valence-electron chi connectivity index (χ0n) is 42.5. The van der Waals surface area contributed by atoms with Gasteiger partial charge >= 0.3 is 0 Å². The van der Waals surface area contributed by atoms with Crippen LogP contribution < -0.4 is 5.32 Å². The van der Waals surface area contributed by atoms with Gasteiger partial charge in [0.05, 0.1) is 18.8 Å². The average Bonchev–Trinajstić information content (AvgIpc) is 3.30. The molecule has 4 heteroatoms. The molecule has 64 heavy (non-hydrogen) atoms. The molecule has 0 aliphatic heterocycles. The predicted octanol–water partition coefficient (Wildman–Crippen LogP) is 18.4. The summed E-state index contributed by atoms with van der Waals surface area (Å²) in [6, 6.07) is -0.641. The molecule has 0 fully saturated rings. The number of allylic oxidation sites excluding steroid dienone is 13. The van der Waals surface area contributed by atoms with Crippen molar-refractivity contribution in [2.45, 2.75) is 283 Å². The molecule has 370 valence electrons. The van der Waals surface area contributed by atoms with Crippen molar-refractivity contribution in [1.29, 1.82) is 0 Å². The summed E-state index contributed by atoms with van der Waals surface area (Å²) >= 11 is 0. The summed E-state index contributed by atoms with van der Waals surface area (Å²) in [5, 5.41) is 23.1. The summed E-state index contributed by atoms with van der Waals surface area (Å²) < 4.78 is 0. The molecule has 0 saturated heterocycles. The van der Waals surface area contributed by atoms with E-state index in [-0.39, 0.29) is 12.5 Å². The second-order valence-corrected chi connectivity index (χ2v) is 18.6. The topological polar surface area (TPSA) is 69.6 Å². The third-order valence-electron chi connectivity index (χ3n) is 12.4. The highest BCUT2D eigenvalue weighted by Gasteiger charge is 2.18. The molecule has 0 aliphatic rings. The number of hydrogen-bond donors (Lipinski definition) is 3. The number of aliphatic hydroxyl groups is 2. The van der Waals surface area contributed by atoms with E-state index in [2.05, 4.69) is 92.1 Å². The molecule has 0 aromatic rings. The number of carbonyl (C=O) groups excluding carboxylic acids is 1. The standard InChI is InChI=1S/C60H107NO3/c1-3-5-7-9-11-13-15-17-19-21-22-23-24-25-26-27-28-29-30-31-32-33-34-35-36-37-38-40-42-44-46-48-50-52-54-56-60(64)61-58(57-62)59(63)55-53-51-49-47-45-43-41-39-20-18-16-14-12-10-8-6-4-2/h5,7,11,13,17,19,22-23,25-26,45,47,53,55,58-59,62-63H,3-4,6,8-10,12,14-16,18,20-21,24,27-44,46,48-52,54,56-57H2,1-2H3,(H,61,64)/b7-5-,13-11-,19-17-,23-22-,26-25-,47-45+,55-53+. The van der Waals surface area contributed by atoms with E-state index in [1.165, 1.54) is 186 Å². The Labute approximate surface area is 399 Å². The van der Waals surface area contributed by atoms with Gasteiger partial charge < -0.3 is 15.5 Å². The van der Waals surface area contributed by atoms with Gasteiger partial charge in [-0.15, -0.1) is 0 Å². The number of rotatable bonds is 50. The second-order valence-electron chi connectivity index (χ2n) is 18.6. The molecule has 2 atom stereocenters. The Hall–Kier alpha value is -2.43. The first-order valence-electron chi connectivity index (χ1n) is 27.8. The van der Waals surface area contributed by atoms with E-state index in [4.69, 9.17) is 0 Å². The van der Waals surface area contributed by atoms with Crippen LogP contribution in [0.3, 0.4) is 0 Å². The maximum atomic E-state index is 12.5. The van der Waals surface area contributed by atoms with Gasteiger partial charge in [-0.3, -0.25) is 4.79 Å². The van der Waals surface area contributed by atoms with Crippen molar-refractivity contribution in [2.75, 3.05) is 6.61 Å². The number of nitrogens with one attached hydrogen (secondary N) is 1. The molecule has 0 aromatic heterocycles. The van der Waals surface area contributed by atoms with Gasteiger partial charge in [0.25, 0.3) is 0 Å². The van der Waals surface area contributed by atoms with Crippen LogP contribution in [0.5, 0.6) is 0 Å². The zero-order valence-corrected chi connectivity index (χ0v) is 42.5. The molecule has 0 bridgehead atoms. The van der Waals surface area contributed by atoms with Crippen molar-refractivity contribution >= 4 is 5.91 Å². The summed E-state index contributed by atoms with van der Waals surface area (Å²) in [6.45, 7) is 4.19. The summed E-state index contributed by atoms with van der Waals surface area (Å²) in [6.07, 6.45) is 80.3. The number of aliphatic hydroxyl groups excluding tert-OH is 2. The lowest BCUT2D eigenvalue weighted by molar-refractivity contribution is -0.123. The minimum atomic E-state index is -0.864. The highest BCUT2D eigenvalue weighted by Crippen LogP contribution is 2.16. The van der Waals surface area contributed by atoms with Crippen LogP contribution in [0.1, 0.15) is 271 Å². The molecular formula is C60H107NO3. The van der Waals surface area contributed by atoms with Crippen LogP contribution in [0.2, 0.25) is 0 Å². The Balaban J connectivity index is 3.50. The van der Waals surface area contributed by atoms with Crippen molar-refractivity contribution in [3.05, 3.63) is 85.1 Å². The van der Waals surface area contributed by atoms with E-state index < -0.39 is 12.1 Å². The first-order valence-corrected chi connectivity index (χ1v) is 27.8. The first kappa shape index (κ1) is 61.6. The van der Waals surface area contributed by atoms with E-state index in [0.29, 0.717) is 6.42 Å². The van der Waals surface area contributed by atoms with E-state index in [9.17, 15) is 15.0 Å². The van der Waals surface area contributed by atoms with E-state index in [1.54, 1.807) is 6.08 Å². The smallest absolute Gasteiger partial charge is 0.220 e. The van der Waals surface area contributed by atoms with Crippen LogP contribution in [0.4, 0.5) is 0 Å². The Kier molecular flexibility index (Phi) is 52.8. The van der Waals surface area contributed by atoms with Gasteiger partial charge in [0, 0.05) is 6.42 Å². The van der Waals surface area contributed by atoms with Gasteiger partial charge in [-0.05, 0) is 77.0 Å². The van der Waals surface area contributed by atoms with Crippen LogP contribution in [-0.4, -0.2) is 34.9 Å². The Morgan fingerprint density at radius 2 is 0.703 bits per heavy atom. The fourth-order valence-electron chi connectivity index (χ4n) is 8.16. The molecule has 0 aromatic carbocycles. The summed E-state index contributed by atoms with van der Waals surface area (Å²) in [7, 11) is 0. The largest absolute Gasteiger partial charge is 0.394 e. The van der Waals surface area contributed by atoms with Crippen LogP contribution in [0.25, 0.3) is 0 Å². The van der Waals surface area contributed by atoms with Crippen LogP contribution in [0, 0.1) is 0 Å². The number of carbonyl (C=O) groups is 1. The SMILES string of the molecule is CC/C=C\C/C=C\C/C=C\C/C=C\C/C=C\CCCCCCCCCCCCCCCCCCCCCC(=O)NC(CO)C(O)/C=C/CC/C=C/CCCCCCCCCCCCC. The molecule has 0 spiro atoms. The van der Waals surface area contributed by atoms with Gasteiger partial charge in [-0.1, -0.05) is 272 Å². The van der Waals surface area contributed by atoms with Crippen LogP contribution in [-0.2, 0) is 4.79 Å². The maximum Gasteiger partial charge on any atom is 0.220 e. The van der Waals surface area contributed by atoms with Crippen molar-refractivity contribution in [3.63, 3.8) is 0 Å². The molecule has 1 amide bonds. The molecule has 0 saturated carbocycles. The molecule has 0 heterocycles. The van der Waals surface area contributed by atoms with Crippen molar-refractivity contribution in [2.24, 2.45) is 0 Å². The van der Waals surface area contributed by atoms with Crippen molar-refractivity contribution < 1.29 is 15.0 Å². The van der Waals surface area contributed by atoms with Crippen LogP contribution >= 0.6 is 0 Å². The third kappa shape index (κ3) is 50.6. The van der Waals surface area contributed by atoms with Gasteiger partial charge in [0.1, 0.15) is 0 Å². The summed E-state index contributed by atoms with van der Waals surface area (Å²) in [4.78, 5) is 12.5. The lowest BCUT2D eigenvalue weighted by Crippen LogP contribution is -2.45. The van der Waals surface area contributed by atoms with Gasteiger partial charge in [-0.25, -0.2) is 0 Å². The molecule has 4 nitrogen and oxygen atoms in total. The number of amides is 1. The highest BCUT2D eigenvalue weighted by molar-refractivity contribution is 5.76. The fraction of sp³-hybridized carbons (Fsp3) is 0.750. The predicted molar refractivity (Wildman–Crippen MR) is 285 cm³/mol. The van der Waals surface area contributed by atoms with Crippen LogP contribution in [0.15, 0.2) is 85.1 Å². The van der Waals surface area contributed by atoms with E-state index in [0.717, 1.165) is 64.2 Å². The quantitative estimate of drug-likeness (QED) is 0.0421.